The molecule has 1 aliphatic heterocycles. The van der Waals surface area contributed by atoms with Crippen molar-refractivity contribution in [3.8, 4) is 0 Å². The highest BCUT2D eigenvalue weighted by Gasteiger charge is 2.20. The summed E-state index contributed by atoms with van der Waals surface area (Å²) in [7, 11) is 0. The predicted molar refractivity (Wildman–Crippen MR) is 58.9 cm³/mol. The van der Waals surface area contributed by atoms with Gasteiger partial charge in [-0.1, -0.05) is 19.0 Å². The highest BCUT2D eigenvalue weighted by atomic mass is 16.4. The van der Waals surface area contributed by atoms with Crippen LogP contribution in [0.1, 0.15) is 40.0 Å². The Hall–Kier alpha value is -0.570. The summed E-state index contributed by atoms with van der Waals surface area (Å²) < 4.78 is 0. The fourth-order valence-corrected chi connectivity index (χ4v) is 2.15. The zero-order chi connectivity index (χ0) is 10.6. The van der Waals surface area contributed by atoms with Crippen LogP contribution >= 0.6 is 0 Å². The molecule has 0 aromatic carbocycles. The lowest BCUT2D eigenvalue weighted by Crippen LogP contribution is -2.40. The minimum absolute atomic E-state index is 0.662. The number of nitrogens with zero attached hydrogens (tertiary/aromatic N) is 2. The molecular formula is C11H22N2O. The largest absolute Gasteiger partial charge is 0.411 e. The second-order valence-electron chi connectivity index (χ2n) is 4.68. The minimum Gasteiger partial charge on any atom is -0.411 e. The zero-order valence-corrected chi connectivity index (χ0v) is 9.53. The van der Waals surface area contributed by atoms with Gasteiger partial charge in [0.2, 0.25) is 0 Å². The summed E-state index contributed by atoms with van der Waals surface area (Å²) in [5.41, 5.74) is 0.956. The lowest BCUT2D eigenvalue weighted by molar-refractivity contribution is 0.183. The van der Waals surface area contributed by atoms with Gasteiger partial charge in [-0.15, -0.1) is 0 Å². The molecule has 82 valence electrons. The van der Waals surface area contributed by atoms with Crippen LogP contribution in [0.3, 0.4) is 0 Å². The van der Waals surface area contributed by atoms with E-state index < -0.39 is 0 Å². The van der Waals surface area contributed by atoms with Crippen molar-refractivity contribution < 1.29 is 5.21 Å². The van der Waals surface area contributed by atoms with Crippen LogP contribution < -0.4 is 0 Å². The SMILES string of the molecule is CC(C)CC(C)N1CCC(=NO)CC1. The molecule has 3 heteroatoms. The first-order chi connectivity index (χ1) is 6.63. The third-order valence-corrected chi connectivity index (χ3v) is 2.95. The molecule has 0 aliphatic carbocycles. The van der Waals surface area contributed by atoms with Crippen molar-refractivity contribution in [1.29, 1.82) is 0 Å². The van der Waals surface area contributed by atoms with E-state index in [1.54, 1.807) is 0 Å². The fourth-order valence-electron chi connectivity index (χ4n) is 2.15. The van der Waals surface area contributed by atoms with Crippen molar-refractivity contribution >= 4 is 5.71 Å². The van der Waals surface area contributed by atoms with E-state index in [0.29, 0.717) is 6.04 Å². The Morgan fingerprint density at radius 3 is 2.29 bits per heavy atom. The Labute approximate surface area is 86.8 Å². The number of hydrogen-bond acceptors (Lipinski definition) is 3. The molecule has 1 N–H and O–H groups in total. The Kier molecular flexibility index (Phi) is 4.39. The third kappa shape index (κ3) is 3.29. The monoisotopic (exact) mass is 198 g/mol. The van der Waals surface area contributed by atoms with Crippen molar-refractivity contribution in [3.05, 3.63) is 0 Å². The molecule has 0 radical (unpaired) electrons. The molecule has 3 nitrogen and oxygen atoms in total. The van der Waals surface area contributed by atoms with Crippen LogP contribution in [0.2, 0.25) is 0 Å². The maximum absolute atomic E-state index is 8.63. The van der Waals surface area contributed by atoms with Gasteiger partial charge in [-0.05, 0) is 19.3 Å². The van der Waals surface area contributed by atoms with E-state index in [-0.39, 0.29) is 0 Å². The molecule has 1 unspecified atom stereocenters. The van der Waals surface area contributed by atoms with Gasteiger partial charge in [0.15, 0.2) is 0 Å². The number of hydrogen-bond donors (Lipinski definition) is 1. The molecule has 1 aliphatic rings. The molecule has 1 rings (SSSR count). The predicted octanol–water partition coefficient (Wildman–Crippen LogP) is 2.35. The average Bonchev–Trinajstić information content (AvgIpc) is 2.17. The molecule has 1 heterocycles. The van der Waals surface area contributed by atoms with Crippen molar-refractivity contribution in [3.63, 3.8) is 0 Å². The highest BCUT2D eigenvalue weighted by molar-refractivity contribution is 5.84. The summed E-state index contributed by atoms with van der Waals surface area (Å²) in [5, 5.41) is 11.9. The van der Waals surface area contributed by atoms with Crippen molar-refractivity contribution in [2.75, 3.05) is 13.1 Å². The summed E-state index contributed by atoms with van der Waals surface area (Å²) in [6.07, 6.45) is 3.11. The highest BCUT2D eigenvalue weighted by Crippen LogP contribution is 2.15. The molecule has 0 amide bonds. The van der Waals surface area contributed by atoms with Gasteiger partial charge in [-0.3, -0.25) is 4.90 Å². The van der Waals surface area contributed by atoms with E-state index in [1.165, 1.54) is 6.42 Å². The molecule has 1 saturated heterocycles. The van der Waals surface area contributed by atoms with Crippen LogP contribution in [0.4, 0.5) is 0 Å². The second-order valence-corrected chi connectivity index (χ2v) is 4.68. The lowest BCUT2D eigenvalue weighted by Gasteiger charge is -2.33. The Balaban J connectivity index is 2.33. The first-order valence-electron chi connectivity index (χ1n) is 5.57. The molecule has 0 saturated carbocycles. The normalized spacial score (nSPS) is 21.3. The van der Waals surface area contributed by atoms with Crippen LogP contribution in [0, 0.1) is 5.92 Å². The van der Waals surface area contributed by atoms with E-state index >= 15 is 0 Å². The molecule has 0 aromatic rings. The maximum atomic E-state index is 8.63. The van der Waals surface area contributed by atoms with E-state index in [9.17, 15) is 0 Å². The topological polar surface area (TPSA) is 35.8 Å². The van der Waals surface area contributed by atoms with E-state index in [1.807, 2.05) is 0 Å². The Morgan fingerprint density at radius 2 is 1.86 bits per heavy atom. The van der Waals surface area contributed by atoms with Gasteiger partial charge < -0.3 is 5.21 Å². The van der Waals surface area contributed by atoms with Gasteiger partial charge in [0, 0.05) is 32.0 Å². The quantitative estimate of drug-likeness (QED) is 0.558. The van der Waals surface area contributed by atoms with Crippen LogP contribution in [0.5, 0.6) is 0 Å². The molecule has 1 fully saturated rings. The van der Waals surface area contributed by atoms with Crippen LogP contribution in [-0.2, 0) is 0 Å². The van der Waals surface area contributed by atoms with Gasteiger partial charge in [-0.2, -0.15) is 0 Å². The number of likely N-dealkylation sites (tertiary alicyclic amines) is 1. The van der Waals surface area contributed by atoms with E-state index in [2.05, 4.69) is 30.8 Å². The maximum Gasteiger partial charge on any atom is 0.0596 e. The summed E-state index contributed by atoms with van der Waals surface area (Å²) in [6.45, 7) is 8.92. The summed E-state index contributed by atoms with van der Waals surface area (Å²) >= 11 is 0. The van der Waals surface area contributed by atoms with E-state index in [0.717, 1.165) is 37.6 Å². The molecular weight excluding hydrogens is 176 g/mol. The standard InChI is InChI=1S/C11H22N2O/c1-9(2)8-10(3)13-6-4-11(12-14)5-7-13/h9-10,14H,4-8H2,1-3H3. The van der Waals surface area contributed by atoms with Crippen LogP contribution in [0.15, 0.2) is 5.16 Å². The lowest BCUT2D eigenvalue weighted by atomic mass is 10.0. The summed E-state index contributed by atoms with van der Waals surface area (Å²) in [4.78, 5) is 2.49. The Bertz CT molecular complexity index is 191. The number of piperidine rings is 1. The van der Waals surface area contributed by atoms with Gasteiger partial charge in [0.05, 0.1) is 5.71 Å². The fraction of sp³-hybridized carbons (Fsp3) is 0.909. The molecule has 0 spiro atoms. The molecule has 0 bridgehead atoms. The summed E-state index contributed by atoms with van der Waals surface area (Å²) in [6, 6.07) is 0.662. The number of rotatable bonds is 3. The van der Waals surface area contributed by atoms with Gasteiger partial charge in [0.25, 0.3) is 0 Å². The van der Waals surface area contributed by atoms with Crippen LogP contribution in [0.25, 0.3) is 0 Å². The zero-order valence-electron chi connectivity index (χ0n) is 9.53. The van der Waals surface area contributed by atoms with E-state index in [4.69, 9.17) is 5.21 Å². The van der Waals surface area contributed by atoms with Gasteiger partial charge >= 0.3 is 0 Å². The second kappa shape index (κ2) is 5.35. The Morgan fingerprint density at radius 1 is 1.29 bits per heavy atom. The molecule has 1 atom stereocenters. The van der Waals surface area contributed by atoms with Crippen molar-refractivity contribution in [2.45, 2.75) is 46.1 Å². The first kappa shape index (κ1) is 11.5. The van der Waals surface area contributed by atoms with Crippen molar-refractivity contribution in [1.82, 2.24) is 4.90 Å². The average molecular weight is 198 g/mol. The van der Waals surface area contributed by atoms with Crippen molar-refractivity contribution in [2.24, 2.45) is 11.1 Å². The van der Waals surface area contributed by atoms with Crippen LogP contribution in [-0.4, -0.2) is 35.0 Å². The van der Waals surface area contributed by atoms with Gasteiger partial charge in [-0.25, -0.2) is 0 Å². The molecule has 14 heavy (non-hydrogen) atoms. The minimum atomic E-state index is 0.662. The smallest absolute Gasteiger partial charge is 0.0596 e. The summed E-state index contributed by atoms with van der Waals surface area (Å²) in [5.74, 6) is 0.762. The molecule has 0 aromatic heterocycles. The van der Waals surface area contributed by atoms with Gasteiger partial charge in [0.1, 0.15) is 0 Å². The third-order valence-electron chi connectivity index (χ3n) is 2.95. The first-order valence-corrected chi connectivity index (χ1v) is 5.57. The number of oxime groups is 1.